The summed E-state index contributed by atoms with van der Waals surface area (Å²) in [6, 6.07) is 20.9. The molecule has 0 radical (unpaired) electrons. The first-order valence-electron chi connectivity index (χ1n) is 11.6. The Bertz CT molecular complexity index is 1060. The Labute approximate surface area is 206 Å². The van der Waals surface area contributed by atoms with Gasteiger partial charge in [0, 0.05) is 22.7 Å². The number of halogens is 2. The molecule has 178 valence electrons. The largest absolute Gasteiger partial charge is 0.493 e. The molecule has 0 aliphatic rings. The van der Waals surface area contributed by atoms with Crippen LogP contribution < -0.4 is 4.74 Å². The predicted octanol–water partition coefficient (Wildman–Crippen LogP) is 7.60. The minimum Gasteiger partial charge on any atom is -0.493 e. The van der Waals surface area contributed by atoms with E-state index in [1.54, 1.807) is 6.07 Å². The van der Waals surface area contributed by atoms with Gasteiger partial charge in [-0.25, -0.2) is 9.18 Å². The van der Waals surface area contributed by atoms with Crippen LogP contribution in [0.15, 0.2) is 79.4 Å². The standard InChI is InChI=1S/C29H30ClFO3/c1-2-29(32)34-20-6-4-3-5-19-33-26-17-18-27(28(31)21-26)24-13-9-22(10-14-24)7-8-23-11-15-25(30)16-12-23/h2,9-18,21H,1,3-8,19-20H2. The molecule has 0 spiro atoms. The molecular formula is C29H30ClFO3. The second-order valence-corrected chi connectivity index (χ2v) is 8.54. The van der Waals surface area contributed by atoms with Crippen molar-refractivity contribution < 1.29 is 18.7 Å². The molecule has 0 amide bonds. The lowest BCUT2D eigenvalue weighted by Gasteiger charge is -2.10. The Morgan fingerprint density at radius 1 is 0.853 bits per heavy atom. The number of carbonyl (C=O) groups is 1. The van der Waals surface area contributed by atoms with Crippen molar-refractivity contribution >= 4 is 17.6 Å². The van der Waals surface area contributed by atoms with Crippen molar-refractivity contribution in [2.45, 2.75) is 38.5 Å². The van der Waals surface area contributed by atoms with Crippen LogP contribution in [0.2, 0.25) is 5.02 Å². The van der Waals surface area contributed by atoms with Crippen molar-refractivity contribution in [3.63, 3.8) is 0 Å². The molecule has 3 nitrogen and oxygen atoms in total. The normalized spacial score (nSPS) is 10.6. The van der Waals surface area contributed by atoms with Gasteiger partial charge in [-0.05, 0) is 79.5 Å². The van der Waals surface area contributed by atoms with Crippen LogP contribution in [-0.4, -0.2) is 19.2 Å². The fraction of sp³-hybridized carbons (Fsp3) is 0.276. The van der Waals surface area contributed by atoms with Gasteiger partial charge < -0.3 is 9.47 Å². The minimum atomic E-state index is -0.390. The van der Waals surface area contributed by atoms with Crippen LogP contribution in [0.4, 0.5) is 4.39 Å². The lowest BCUT2D eigenvalue weighted by Crippen LogP contribution is -2.02. The SMILES string of the molecule is C=CC(=O)OCCCCCCOc1ccc(-c2ccc(CCc3ccc(Cl)cc3)cc2)c(F)c1. The van der Waals surface area contributed by atoms with Gasteiger partial charge in [-0.1, -0.05) is 54.6 Å². The van der Waals surface area contributed by atoms with Crippen molar-refractivity contribution in [1.82, 2.24) is 0 Å². The molecule has 3 aromatic rings. The van der Waals surface area contributed by atoms with E-state index >= 15 is 0 Å². The van der Waals surface area contributed by atoms with E-state index in [2.05, 4.69) is 6.58 Å². The number of unbranched alkanes of at least 4 members (excludes halogenated alkanes) is 3. The van der Waals surface area contributed by atoms with Gasteiger partial charge in [0.05, 0.1) is 13.2 Å². The lowest BCUT2D eigenvalue weighted by molar-refractivity contribution is -0.137. The van der Waals surface area contributed by atoms with E-state index in [1.807, 2.05) is 54.6 Å². The van der Waals surface area contributed by atoms with Gasteiger partial charge in [-0.3, -0.25) is 0 Å². The fourth-order valence-corrected chi connectivity index (χ4v) is 3.72. The quantitative estimate of drug-likeness (QED) is 0.143. The van der Waals surface area contributed by atoms with E-state index in [-0.39, 0.29) is 11.8 Å². The zero-order valence-electron chi connectivity index (χ0n) is 19.3. The third-order valence-electron chi connectivity index (χ3n) is 5.54. The van der Waals surface area contributed by atoms with Crippen molar-refractivity contribution in [3.8, 4) is 16.9 Å². The molecule has 0 aromatic heterocycles. The summed E-state index contributed by atoms with van der Waals surface area (Å²) < 4.78 is 25.3. The molecule has 0 aliphatic carbocycles. The van der Waals surface area contributed by atoms with E-state index in [0.717, 1.165) is 55.2 Å². The zero-order chi connectivity index (χ0) is 24.2. The third-order valence-corrected chi connectivity index (χ3v) is 5.79. The van der Waals surface area contributed by atoms with Gasteiger partial charge in [0.2, 0.25) is 0 Å². The Kier molecular flexibility index (Phi) is 10.2. The van der Waals surface area contributed by atoms with Gasteiger partial charge in [0.15, 0.2) is 0 Å². The maximum atomic E-state index is 14.7. The van der Waals surface area contributed by atoms with Gasteiger partial charge in [0.1, 0.15) is 11.6 Å². The highest BCUT2D eigenvalue weighted by molar-refractivity contribution is 6.30. The number of hydrogen-bond acceptors (Lipinski definition) is 3. The monoisotopic (exact) mass is 480 g/mol. The number of hydrogen-bond donors (Lipinski definition) is 0. The second kappa shape index (κ2) is 13.6. The summed E-state index contributed by atoms with van der Waals surface area (Å²) in [5.74, 6) is -0.157. The lowest BCUT2D eigenvalue weighted by atomic mass is 10.00. The first kappa shape index (κ1) is 25.5. The van der Waals surface area contributed by atoms with Crippen LogP contribution in [0.3, 0.4) is 0 Å². The smallest absolute Gasteiger partial charge is 0.330 e. The maximum absolute atomic E-state index is 14.7. The van der Waals surface area contributed by atoms with E-state index in [4.69, 9.17) is 21.1 Å². The third kappa shape index (κ3) is 8.35. The molecule has 0 unspecified atom stereocenters. The van der Waals surface area contributed by atoms with Crippen LogP contribution in [0.25, 0.3) is 11.1 Å². The van der Waals surface area contributed by atoms with E-state index in [0.29, 0.717) is 24.5 Å². The molecule has 0 aliphatic heterocycles. The molecule has 0 fully saturated rings. The van der Waals surface area contributed by atoms with Crippen molar-refractivity contribution in [2.24, 2.45) is 0 Å². The molecule has 5 heteroatoms. The summed E-state index contributed by atoms with van der Waals surface area (Å²) in [4.78, 5) is 11.0. The molecule has 34 heavy (non-hydrogen) atoms. The Morgan fingerprint density at radius 3 is 2.09 bits per heavy atom. The zero-order valence-corrected chi connectivity index (χ0v) is 20.0. The number of aryl methyl sites for hydroxylation is 2. The molecule has 0 saturated heterocycles. The van der Waals surface area contributed by atoms with Crippen molar-refractivity contribution in [1.29, 1.82) is 0 Å². The van der Waals surface area contributed by atoms with Crippen LogP contribution in [0.1, 0.15) is 36.8 Å². The highest BCUT2D eigenvalue weighted by atomic mass is 35.5. The summed E-state index contributed by atoms with van der Waals surface area (Å²) in [7, 11) is 0. The van der Waals surface area contributed by atoms with E-state index in [9.17, 15) is 9.18 Å². The van der Waals surface area contributed by atoms with Crippen LogP contribution >= 0.6 is 11.6 Å². The highest BCUT2D eigenvalue weighted by Crippen LogP contribution is 2.27. The molecule has 0 atom stereocenters. The number of ether oxygens (including phenoxy) is 2. The average Bonchev–Trinajstić information content (AvgIpc) is 2.85. The topological polar surface area (TPSA) is 35.5 Å². The maximum Gasteiger partial charge on any atom is 0.330 e. The molecule has 3 aromatic carbocycles. The Morgan fingerprint density at radius 2 is 1.47 bits per heavy atom. The number of rotatable bonds is 13. The Hall–Kier alpha value is -3.11. The number of benzene rings is 3. The predicted molar refractivity (Wildman–Crippen MR) is 136 cm³/mol. The van der Waals surface area contributed by atoms with Crippen LogP contribution in [0, 0.1) is 5.82 Å². The second-order valence-electron chi connectivity index (χ2n) is 8.10. The summed E-state index contributed by atoms with van der Waals surface area (Å²) >= 11 is 5.94. The van der Waals surface area contributed by atoms with Gasteiger partial charge in [0.25, 0.3) is 0 Å². The van der Waals surface area contributed by atoms with Crippen LogP contribution in [-0.2, 0) is 22.4 Å². The summed E-state index contributed by atoms with van der Waals surface area (Å²) in [6.45, 7) is 4.28. The fourth-order valence-electron chi connectivity index (χ4n) is 3.59. The summed E-state index contributed by atoms with van der Waals surface area (Å²) in [5, 5.41) is 0.743. The molecule has 0 N–H and O–H groups in total. The summed E-state index contributed by atoms with van der Waals surface area (Å²) in [6.07, 6.45) is 6.57. The van der Waals surface area contributed by atoms with Gasteiger partial charge >= 0.3 is 5.97 Å². The number of carbonyl (C=O) groups excluding carboxylic acids is 1. The number of esters is 1. The van der Waals surface area contributed by atoms with Gasteiger partial charge in [-0.2, -0.15) is 0 Å². The van der Waals surface area contributed by atoms with E-state index in [1.165, 1.54) is 17.2 Å². The molecule has 0 heterocycles. The first-order valence-corrected chi connectivity index (χ1v) is 12.0. The highest BCUT2D eigenvalue weighted by Gasteiger charge is 2.08. The molecule has 3 rings (SSSR count). The molecule has 0 bridgehead atoms. The van der Waals surface area contributed by atoms with E-state index < -0.39 is 0 Å². The van der Waals surface area contributed by atoms with Crippen LogP contribution in [0.5, 0.6) is 5.75 Å². The average molecular weight is 481 g/mol. The summed E-state index contributed by atoms with van der Waals surface area (Å²) in [5.41, 5.74) is 3.85. The van der Waals surface area contributed by atoms with Gasteiger partial charge in [-0.15, -0.1) is 0 Å². The Balaban J connectivity index is 1.42. The first-order chi connectivity index (χ1) is 16.5. The minimum absolute atomic E-state index is 0.296. The van der Waals surface area contributed by atoms with Crippen molar-refractivity contribution in [3.05, 3.63) is 101 Å². The van der Waals surface area contributed by atoms with Crippen molar-refractivity contribution in [2.75, 3.05) is 13.2 Å². The molecule has 0 saturated carbocycles. The molecular weight excluding hydrogens is 451 g/mol.